The van der Waals surface area contributed by atoms with Gasteiger partial charge in [0.25, 0.3) is 6.43 Å². The highest BCUT2D eigenvalue weighted by molar-refractivity contribution is 7.10. The van der Waals surface area contributed by atoms with Gasteiger partial charge in [0, 0.05) is 24.6 Å². The van der Waals surface area contributed by atoms with Crippen LogP contribution in [0.3, 0.4) is 0 Å². The van der Waals surface area contributed by atoms with E-state index >= 15 is 0 Å². The van der Waals surface area contributed by atoms with Crippen molar-refractivity contribution < 1.29 is 13.9 Å². The van der Waals surface area contributed by atoms with Gasteiger partial charge in [-0.25, -0.2) is 14.6 Å². The van der Waals surface area contributed by atoms with Crippen LogP contribution in [-0.4, -0.2) is 45.7 Å². The fourth-order valence-corrected chi connectivity index (χ4v) is 1.69. The van der Waals surface area contributed by atoms with Gasteiger partial charge in [0.05, 0.1) is 13.2 Å². The average molecular weight is 253 g/mol. The van der Waals surface area contributed by atoms with E-state index in [9.17, 15) is 8.78 Å². The molecular formula is C7H13F2N5OS. The second-order valence-electron chi connectivity index (χ2n) is 3.04. The van der Waals surface area contributed by atoms with Crippen LogP contribution in [0.5, 0.6) is 0 Å². The Morgan fingerprint density at radius 2 is 2.31 bits per heavy atom. The summed E-state index contributed by atoms with van der Waals surface area (Å²) in [5.74, 6) is 5.21. The zero-order valence-corrected chi connectivity index (χ0v) is 9.25. The lowest BCUT2D eigenvalue weighted by Crippen LogP contribution is -2.31. The van der Waals surface area contributed by atoms with Crippen molar-refractivity contribution in [3.63, 3.8) is 0 Å². The molecule has 0 unspecified atom stereocenters. The minimum Gasteiger partial charge on any atom is -0.395 e. The Balaban J connectivity index is 2.59. The van der Waals surface area contributed by atoms with Gasteiger partial charge in [-0.3, -0.25) is 4.90 Å². The van der Waals surface area contributed by atoms with Gasteiger partial charge in [0.15, 0.2) is 0 Å². The van der Waals surface area contributed by atoms with Crippen LogP contribution in [0, 0.1) is 0 Å². The van der Waals surface area contributed by atoms with Gasteiger partial charge in [0.1, 0.15) is 10.7 Å². The summed E-state index contributed by atoms with van der Waals surface area (Å²) < 4.78 is 28.1. The maximum atomic E-state index is 12.2. The summed E-state index contributed by atoms with van der Waals surface area (Å²) >= 11 is 1.05. The Hall–Kier alpha value is -0.900. The minimum atomic E-state index is -2.45. The SMILES string of the molecule is NNc1snnc1CN(CCO)CC(F)F. The number of nitrogens with one attached hydrogen (secondary N) is 1. The molecule has 0 saturated carbocycles. The summed E-state index contributed by atoms with van der Waals surface area (Å²) in [6.07, 6.45) is -2.45. The molecule has 0 saturated heterocycles. The van der Waals surface area contributed by atoms with Crippen LogP contribution in [0.2, 0.25) is 0 Å². The number of aliphatic hydroxyl groups excluding tert-OH is 1. The van der Waals surface area contributed by atoms with Crippen molar-refractivity contribution in [3.8, 4) is 0 Å². The predicted octanol–water partition coefficient (Wildman–Crippen LogP) is -0.117. The third kappa shape index (κ3) is 3.93. The molecule has 0 bridgehead atoms. The van der Waals surface area contributed by atoms with Gasteiger partial charge >= 0.3 is 0 Å². The summed E-state index contributed by atoms with van der Waals surface area (Å²) in [6.45, 7) is -0.259. The number of nitrogen functional groups attached to an aromatic ring is 1. The van der Waals surface area contributed by atoms with Crippen molar-refractivity contribution in [3.05, 3.63) is 5.69 Å². The molecule has 0 spiro atoms. The van der Waals surface area contributed by atoms with Crippen LogP contribution in [0.15, 0.2) is 0 Å². The van der Waals surface area contributed by atoms with Gasteiger partial charge in [-0.2, -0.15) is 0 Å². The van der Waals surface area contributed by atoms with Gasteiger partial charge in [-0.15, -0.1) is 5.10 Å². The molecule has 0 atom stereocenters. The van der Waals surface area contributed by atoms with E-state index in [1.54, 1.807) is 0 Å². The molecule has 6 nitrogen and oxygen atoms in total. The predicted molar refractivity (Wildman–Crippen MR) is 56.1 cm³/mol. The average Bonchev–Trinajstić information content (AvgIpc) is 2.64. The number of alkyl halides is 2. The Bertz CT molecular complexity index is 311. The monoisotopic (exact) mass is 253 g/mol. The molecule has 0 aliphatic carbocycles. The molecule has 0 aromatic carbocycles. The first-order valence-electron chi connectivity index (χ1n) is 4.56. The molecule has 1 aromatic heterocycles. The number of aromatic nitrogens is 2. The van der Waals surface area contributed by atoms with Crippen molar-refractivity contribution in [2.75, 3.05) is 25.1 Å². The van der Waals surface area contributed by atoms with Gasteiger partial charge in [-0.05, 0) is 0 Å². The van der Waals surface area contributed by atoms with Crippen LogP contribution in [0.1, 0.15) is 5.69 Å². The molecule has 0 aliphatic heterocycles. The van der Waals surface area contributed by atoms with Gasteiger partial charge in [0.2, 0.25) is 0 Å². The fourth-order valence-electron chi connectivity index (χ4n) is 1.20. The molecule has 0 amide bonds. The molecule has 4 N–H and O–H groups in total. The second-order valence-corrected chi connectivity index (χ2v) is 3.80. The number of halogens is 2. The van der Waals surface area contributed by atoms with E-state index in [-0.39, 0.29) is 19.7 Å². The molecule has 0 radical (unpaired) electrons. The van der Waals surface area contributed by atoms with Crippen molar-refractivity contribution in [2.45, 2.75) is 13.0 Å². The topological polar surface area (TPSA) is 87.3 Å². The number of rotatable bonds is 7. The molecule has 0 aliphatic rings. The first-order valence-corrected chi connectivity index (χ1v) is 5.34. The van der Waals surface area contributed by atoms with Crippen LogP contribution >= 0.6 is 11.5 Å². The molecule has 92 valence electrons. The van der Waals surface area contributed by atoms with E-state index in [1.165, 1.54) is 4.90 Å². The first kappa shape index (κ1) is 13.2. The third-order valence-electron chi connectivity index (χ3n) is 1.87. The molecule has 1 aromatic rings. The fraction of sp³-hybridized carbons (Fsp3) is 0.714. The largest absolute Gasteiger partial charge is 0.395 e. The third-order valence-corrected chi connectivity index (χ3v) is 2.57. The lowest BCUT2D eigenvalue weighted by atomic mass is 10.4. The number of nitrogens with two attached hydrogens (primary N) is 1. The smallest absolute Gasteiger partial charge is 0.251 e. The Labute approximate surface area is 95.2 Å². The van der Waals surface area contributed by atoms with Gasteiger partial charge in [-0.1, -0.05) is 4.49 Å². The summed E-state index contributed by atoms with van der Waals surface area (Å²) in [7, 11) is 0. The highest BCUT2D eigenvalue weighted by Crippen LogP contribution is 2.18. The summed E-state index contributed by atoms with van der Waals surface area (Å²) in [4.78, 5) is 1.39. The Morgan fingerprint density at radius 3 is 2.88 bits per heavy atom. The van der Waals surface area contributed by atoms with Crippen molar-refractivity contribution >= 4 is 16.5 Å². The summed E-state index contributed by atoms with van der Waals surface area (Å²) in [5, 5.41) is 13.1. The van der Waals surface area contributed by atoms with Crippen LogP contribution in [-0.2, 0) is 6.54 Å². The highest BCUT2D eigenvalue weighted by atomic mass is 32.1. The van der Waals surface area contributed by atoms with Crippen molar-refractivity contribution in [1.82, 2.24) is 14.5 Å². The summed E-state index contributed by atoms with van der Waals surface area (Å²) in [6, 6.07) is 0. The second kappa shape index (κ2) is 6.63. The lowest BCUT2D eigenvalue weighted by Gasteiger charge is -2.19. The molecule has 1 heterocycles. The molecule has 0 fully saturated rings. The van der Waals surface area contributed by atoms with Crippen LogP contribution in [0.4, 0.5) is 13.8 Å². The first-order chi connectivity index (χ1) is 7.67. The maximum Gasteiger partial charge on any atom is 0.251 e. The van der Waals surface area contributed by atoms with E-state index in [2.05, 4.69) is 15.0 Å². The number of hydrogen-bond acceptors (Lipinski definition) is 7. The van der Waals surface area contributed by atoms with E-state index in [0.717, 1.165) is 11.5 Å². The number of aliphatic hydroxyl groups is 1. The van der Waals surface area contributed by atoms with E-state index in [1.807, 2.05) is 0 Å². The number of hydrazine groups is 1. The number of nitrogens with zero attached hydrogens (tertiary/aromatic N) is 3. The molecule has 9 heteroatoms. The highest BCUT2D eigenvalue weighted by Gasteiger charge is 2.15. The number of hydrogen-bond donors (Lipinski definition) is 3. The zero-order chi connectivity index (χ0) is 12.0. The summed E-state index contributed by atoms with van der Waals surface area (Å²) in [5.41, 5.74) is 2.89. The Morgan fingerprint density at radius 1 is 1.56 bits per heavy atom. The van der Waals surface area contributed by atoms with E-state index < -0.39 is 13.0 Å². The zero-order valence-electron chi connectivity index (χ0n) is 8.44. The molecule has 16 heavy (non-hydrogen) atoms. The number of anilines is 1. The standard InChI is InChI=1S/C7H13F2N5OS/c8-6(9)4-14(1-2-15)3-5-7(11-10)16-13-12-5/h6,11,15H,1-4,10H2. The maximum absolute atomic E-state index is 12.2. The molecule has 1 rings (SSSR count). The van der Waals surface area contributed by atoms with E-state index in [0.29, 0.717) is 10.7 Å². The Kier molecular flexibility index (Phi) is 5.46. The lowest BCUT2D eigenvalue weighted by molar-refractivity contribution is 0.0741. The quantitative estimate of drug-likeness (QED) is 0.464. The van der Waals surface area contributed by atoms with Crippen LogP contribution < -0.4 is 11.3 Å². The minimum absolute atomic E-state index is 0.159. The van der Waals surface area contributed by atoms with Crippen molar-refractivity contribution in [1.29, 1.82) is 0 Å². The van der Waals surface area contributed by atoms with E-state index in [4.69, 9.17) is 10.9 Å². The molecular weight excluding hydrogens is 240 g/mol. The van der Waals surface area contributed by atoms with Gasteiger partial charge < -0.3 is 10.5 Å². The van der Waals surface area contributed by atoms with Crippen LogP contribution in [0.25, 0.3) is 0 Å². The normalized spacial score (nSPS) is 11.4. The van der Waals surface area contributed by atoms with Crippen molar-refractivity contribution in [2.24, 2.45) is 5.84 Å².